The molecule has 0 saturated carbocycles. The summed E-state index contributed by atoms with van der Waals surface area (Å²) < 4.78 is 8.26. The Kier molecular flexibility index (Phi) is 7.13. The summed E-state index contributed by atoms with van der Waals surface area (Å²) in [5.74, 6) is -0.336. The Hall–Kier alpha value is -3.37. The second kappa shape index (κ2) is 10.1. The van der Waals surface area contributed by atoms with Gasteiger partial charge in [0.1, 0.15) is 0 Å². The van der Waals surface area contributed by atoms with Crippen LogP contribution in [0.1, 0.15) is 53.5 Å². The van der Waals surface area contributed by atoms with E-state index in [1.807, 2.05) is 43.3 Å². The van der Waals surface area contributed by atoms with E-state index in [0.29, 0.717) is 5.56 Å². The van der Waals surface area contributed by atoms with Gasteiger partial charge in [0, 0.05) is 15.9 Å². The summed E-state index contributed by atoms with van der Waals surface area (Å²) in [5, 5.41) is 0. The normalized spacial score (nSPS) is 11.7. The molecular weight excluding hydrogens is 498 g/mol. The van der Waals surface area contributed by atoms with Crippen molar-refractivity contribution in [3.63, 3.8) is 0 Å². The van der Waals surface area contributed by atoms with Crippen LogP contribution in [0.15, 0.2) is 83.3 Å². The predicted octanol–water partition coefficient (Wildman–Crippen LogP) is 8.47. The number of hydrogen-bond donors (Lipinski definition) is 0. The highest BCUT2D eigenvalue weighted by molar-refractivity contribution is 9.10. The summed E-state index contributed by atoms with van der Waals surface area (Å²) in [5.41, 5.74) is 7.80. The fourth-order valence-corrected chi connectivity index (χ4v) is 4.70. The number of nitrogens with zero attached hydrogens (tertiary/aromatic N) is 1. The largest absolute Gasteiger partial charge is 0.465 e. The van der Waals surface area contributed by atoms with Crippen molar-refractivity contribution < 1.29 is 9.53 Å². The average molecular weight is 528 g/mol. The molecule has 0 fully saturated rings. The maximum atomic E-state index is 12.6. The van der Waals surface area contributed by atoms with Crippen LogP contribution in [0.5, 0.6) is 0 Å². The number of benzene rings is 3. The van der Waals surface area contributed by atoms with Crippen molar-refractivity contribution in [3.8, 4) is 16.9 Å². The number of carbonyl (C=O) groups is 1. The van der Waals surface area contributed by atoms with E-state index in [4.69, 9.17) is 4.74 Å². The van der Waals surface area contributed by atoms with Gasteiger partial charge in [-0.05, 0) is 64.9 Å². The first kappa shape index (κ1) is 24.7. The van der Waals surface area contributed by atoms with Crippen LogP contribution in [0.3, 0.4) is 0 Å². The Labute approximate surface area is 216 Å². The molecule has 0 N–H and O–H groups in total. The first-order valence-corrected chi connectivity index (χ1v) is 12.4. The second-order valence-electron chi connectivity index (χ2n) is 9.64. The van der Waals surface area contributed by atoms with Crippen LogP contribution in [0, 0.1) is 6.92 Å². The summed E-state index contributed by atoms with van der Waals surface area (Å²) >= 11 is 3.59. The summed E-state index contributed by atoms with van der Waals surface area (Å²) in [7, 11) is 1.42. The SMILES string of the molecule is COC(=O)c1cc(-c2cccc(Br)c2)n(-c2ccc(/C=C/c3ccccc3)cc2C(C)(C)C)c1C. The standard InChI is InChI=1S/C31H30BrNO2/c1-21-26(30(34)35-5)20-29(24-12-9-13-25(32)19-24)33(21)28-17-16-23(18-27(28)31(2,3)4)15-14-22-10-7-6-8-11-22/h6-20H,1-5H3/b15-14+. The van der Waals surface area contributed by atoms with Gasteiger partial charge < -0.3 is 9.30 Å². The third-order valence-electron chi connectivity index (χ3n) is 6.11. The first-order valence-electron chi connectivity index (χ1n) is 11.6. The lowest BCUT2D eigenvalue weighted by Crippen LogP contribution is -2.16. The molecule has 4 rings (SSSR count). The van der Waals surface area contributed by atoms with Gasteiger partial charge in [0.05, 0.1) is 18.4 Å². The zero-order valence-electron chi connectivity index (χ0n) is 20.8. The molecule has 4 aromatic rings. The number of hydrogen-bond acceptors (Lipinski definition) is 2. The number of aromatic nitrogens is 1. The summed E-state index contributed by atoms with van der Waals surface area (Å²) in [6, 6.07) is 26.9. The van der Waals surface area contributed by atoms with E-state index < -0.39 is 0 Å². The van der Waals surface area contributed by atoms with Crippen LogP contribution in [-0.4, -0.2) is 17.6 Å². The van der Waals surface area contributed by atoms with Gasteiger partial charge in [-0.1, -0.05) is 97.4 Å². The quantitative estimate of drug-likeness (QED) is 0.192. The van der Waals surface area contributed by atoms with E-state index in [0.717, 1.165) is 38.2 Å². The van der Waals surface area contributed by atoms with Gasteiger partial charge in [-0.3, -0.25) is 0 Å². The zero-order chi connectivity index (χ0) is 25.2. The van der Waals surface area contributed by atoms with Crippen molar-refractivity contribution in [2.45, 2.75) is 33.1 Å². The second-order valence-corrected chi connectivity index (χ2v) is 10.6. The molecule has 0 aliphatic heterocycles. The molecule has 1 heterocycles. The number of ether oxygens (including phenoxy) is 1. The van der Waals surface area contributed by atoms with Gasteiger partial charge in [-0.2, -0.15) is 0 Å². The third kappa shape index (κ3) is 5.33. The Morgan fingerprint density at radius 2 is 1.60 bits per heavy atom. The minimum atomic E-state index is -0.336. The molecule has 0 atom stereocenters. The highest BCUT2D eigenvalue weighted by Crippen LogP contribution is 2.36. The molecule has 0 radical (unpaired) electrons. The molecule has 0 amide bonds. The molecule has 0 bridgehead atoms. The molecule has 3 nitrogen and oxygen atoms in total. The van der Waals surface area contributed by atoms with Crippen LogP contribution in [-0.2, 0) is 10.2 Å². The van der Waals surface area contributed by atoms with E-state index in [1.54, 1.807) is 0 Å². The molecule has 0 saturated heterocycles. The molecular formula is C31H30BrNO2. The van der Waals surface area contributed by atoms with E-state index in [9.17, 15) is 4.79 Å². The molecule has 1 aromatic heterocycles. The molecule has 3 aromatic carbocycles. The Morgan fingerprint density at radius 3 is 2.26 bits per heavy atom. The molecule has 0 aliphatic rings. The summed E-state index contributed by atoms with van der Waals surface area (Å²) in [6.45, 7) is 8.63. The lowest BCUT2D eigenvalue weighted by molar-refractivity contribution is 0.0600. The van der Waals surface area contributed by atoms with Gasteiger partial charge >= 0.3 is 5.97 Å². The lowest BCUT2D eigenvalue weighted by atomic mass is 9.84. The van der Waals surface area contributed by atoms with Crippen LogP contribution >= 0.6 is 15.9 Å². The predicted molar refractivity (Wildman–Crippen MR) is 149 cm³/mol. The number of carbonyl (C=O) groups excluding carboxylic acids is 1. The van der Waals surface area contributed by atoms with Gasteiger partial charge in [0.2, 0.25) is 0 Å². The van der Waals surface area contributed by atoms with E-state index in [2.05, 4.69) is 95.9 Å². The highest BCUT2D eigenvalue weighted by atomic mass is 79.9. The number of esters is 1. The zero-order valence-corrected chi connectivity index (χ0v) is 22.4. The van der Waals surface area contributed by atoms with E-state index in [-0.39, 0.29) is 11.4 Å². The maximum absolute atomic E-state index is 12.6. The monoisotopic (exact) mass is 527 g/mol. The van der Waals surface area contributed by atoms with Gasteiger partial charge in [0.25, 0.3) is 0 Å². The maximum Gasteiger partial charge on any atom is 0.339 e. The minimum Gasteiger partial charge on any atom is -0.465 e. The van der Waals surface area contributed by atoms with Gasteiger partial charge in [0.15, 0.2) is 0 Å². The average Bonchev–Trinajstić information content (AvgIpc) is 3.19. The fraction of sp³-hybridized carbons (Fsp3) is 0.194. The molecule has 0 unspecified atom stereocenters. The number of methoxy groups -OCH3 is 1. The van der Waals surface area contributed by atoms with Crippen LogP contribution in [0.25, 0.3) is 29.1 Å². The molecule has 178 valence electrons. The van der Waals surface area contributed by atoms with Crippen LogP contribution in [0.2, 0.25) is 0 Å². The summed E-state index contributed by atoms with van der Waals surface area (Å²) in [6.07, 6.45) is 4.27. The number of halogens is 1. The van der Waals surface area contributed by atoms with Crippen molar-refractivity contribution in [2.24, 2.45) is 0 Å². The molecule has 4 heteroatoms. The van der Waals surface area contributed by atoms with Gasteiger partial charge in [-0.15, -0.1) is 0 Å². The topological polar surface area (TPSA) is 31.2 Å². The number of rotatable bonds is 5. The van der Waals surface area contributed by atoms with E-state index >= 15 is 0 Å². The molecule has 0 spiro atoms. The van der Waals surface area contributed by atoms with Crippen molar-refractivity contribution in [1.82, 2.24) is 4.57 Å². The molecule has 0 aliphatic carbocycles. The first-order chi connectivity index (χ1) is 16.7. The van der Waals surface area contributed by atoms with Crippen LogP contribution < -0.4 is 0 Å². The van der Waals surface area contributed by atoms with Crippen molar-refractivity contribution >= 4 is 34.1 Å². The van der Waals surface area contributed by atoms with E-state index in [1.165, 1.54) is 12.7 Å². The Bertz CT molecular complexity index is 1390. The third-order valence-corrected chi connectivity index (χ3v) is 6.60. The Morgan fingerprint density at radius 1 is 0.886 bits per heavy atom. The summed E-state index contributed by atoms with van der Waals surface area (Å²) in [4.78, 5) is 12.6. The van der Waals surface area contributed by atoms with Crippen LogP contribution in [0.4, 0.5) is 0 Å². The van der Waals surface area contributed by atoms with Crippen molar-refractivity contribution in [2.75, 3.05) is 7.11 Å². The Balaban J connectivity index is 1.92. The fourth-order valence-electron chi connectivity index (χ4n) is 4.30. The van der Waals surface area contributed by atoms with Gasteiger partial charge in [-0.25, -0.2) is 4.79 Å². The highest BCUT2D eigenvalue weighted by Gasteiger charge is 2.25. The van der Waals surface area contributed by atoms with Crippen molar-refractivity contribution in [1.29, 1.82) is 0 Å². The lowest BCUT2D eigenvalue weighted by Gasteiger charge is -2.26. The molecule has 35 heavy (non-hydrogen) atoms. The smallest absolute Gasteiger partial charge is 0.339 e. The van der Waals surface area contributed by atoms with Crippen molar-refractivity contribution in [3.05, 3.63) is 111 Å². The minimum absolute atomic E-state index is 0.122.